The van der Waals surface area contributed by atoms with Crippen LogP contribution in [0.4, 0.5) is 19.0 Å². The van der Waals surface area contributed by atoms with Gasteiger partial charge in [-0.1, -0.05) is 0 Å². The highest BCUT2D eigenvalue weighted by Crippen LogP contribution is 2.38. The van der Waals surface area contributed by atoms with Crippen LogP contribution in [0.5, 0.6) is 5.88 Å². The van der Waals surface area contributed by atoms with Crippen LogP contribution in [-0.2, 0) is 11.0 Å². The second kappa shape index (κ2) is 7.65. The van der Waals surface area contributed by atoms with Crippen LogP contribution in [0, 0.1) is 0 Å². The SMILES string of the molecule is O=C1CCN(c2cnc(C3CC3)cn2)C[C@@H]2C[C@@H](Oc3ccc(C(F)(F)F)cn3)CN12. The van der Waals surface area contributed by atoms with Gasteiger partial charge in [-0.05, 0) is 18.9 Å². The Labute approximate surface area is 177 Å². The number of amides is 1. The molecule has 7 nitrogen and oxygen atoms in total. The zero-order chi connectivity index (χ0) is 21.6. The van der Waals surface area contributed by atoms with E-state index in [1.54, 1.807) is 11.1 Å². The van der Waals surface area contributed by atoms with E-state index < -0.39 is 11.7 Å². The van der Waals surface area contributed by atoms with Crippen molar-refractivity contribution in [2.75, 3.05) is 24.5 Å². The molecular weight excluding hydrogens is 411 g/mol. The number of nitrogens with zero attached hydrogens (tertiary/aromatic N) is 5. The molecule has 0 N–H and O–H groups in total. The minimum Gasteiger partial charge on any atom is -0.472 e. The zero-order valence-corrected chi connectivity index (χ0v) is 16.8. The average molecular weight is 433 g/mol. The molecule has 2 aliphatic heterocycles. The smallest absolute Gasteiger partial charge is 0.417 e. The van der Waals surface area contributed by atoms with Crippen molar-refractivity contribution >= 4 is 11.7 Å². The first kappa shape index (κ1) is 20.0. The van der Waals surface area contributed by atoms with E-state index in [2.05, 4.69) is 19.9 Å². The molecular formula is C21H22F3N5O2. The number of carbonyl (C=O) groups excluding carboxylic acids is 1. The molecule has 1 saturated carbocycles. The minimum absolute atomic E-state index is 0.0431. The third-order valence-corrected chi connectivity index (χ3v) is 6.05. The highest BCUT2D eigenvalue weighted by atomic mass is 19.4. The van der Waals surface area contributed by atoms with Crippen molar-refractivity contribution in [3.8, 4) is 5.88 Å². The van der Waals surface area contributed by atoms with Crippen LogP contribution < -0.4 is 9.64 Å². The second-order valence-electron chi connectivity index (χ2n) is 8.33. The molecule has 2 saturated heterocycles. The lowest BCUT2D eigenvalue weighted by Crippen LogP contribution is -2.38. The van der Waals surface area contributed by atoms with Crippen LogP contribution in [0.3, 0.4) is 0 Å². The van der Waals surface area contributed by atoms with E-state index in [1.807, 2.05) is 6.20 Å². The van der Waals surface area contributed by atoms with Gasteiger partial charge >= 0.3 is 6.18 Å². The van der Waals surface area contributed by atoms with Crippen LogP contribution in [0.2, 0.25) is 0 Å². The molecule has 2 atom stereocenters. The van der Waals surface area contributed by atoms with Gasteiger partial charge in [0, 0.05) is 44.1 Å². The third-order valence-electron chi connectivity index (χ3n) is 6.05. The van der Waals surface area contributed by atoms with Gasteiger partial charge in [-0.3, -0.25) is 9.78 Å². The molecule has 2 aromatic heterocycles. The molecule has 0 aromatic carbocycles. The maximum Gasteiger partial charge on any atom is 0.417 e. The highest BCUT2D eigenvalue weighted by Gasteiger charge is 2.40. The fraction of sp³-hybridized carbons (Fsp3) is 0.524. The maximum absolute atomic E-state index is 12.7. The predicted molar refractivity (Wildman–Crippen MR) is 105 cm³/mol. The molecule has 10 heteroatoms. The molecule has 3 fully saturated rings. The zero-order valence-electron chi connectivity index (χ0n) is 16.8. The van der Waals surface area contributed by atoms with Crippen LogP contribution in [0.1, 0.15) is 42.9 Å². The molecule has 1 aliphatic carbocycles. The number of rotatable bonds is 4. The number of aromatic nitrogens is 3. The number of ether oxygens (including phenoxy) is 1. The van der Waals surface area contributed by atoms with E-state index in [9.17, 15) is 18.0 Å². The second-order valence-corrected chi connectivity index (χ2v) is 8.33. The quantitative estimate of drug-likeness (QED) is 0.738. The lowest BCUT2D eigenvalue weighted by Gasteiger charge is -2.25. The summed E-state index contributed by atoms with van der Waals surface area (Å²) in [4.78, 5) is 29.4. The largest absolute Gasteiger partial charge is 0.472 e. The molecule has 4 heterocycles. The van der Waals surface area contributed by atoms with E-state index in [0.29, 0.717) is 38.4 Å². The lowest BCUT2D eigenvalue weighted by molar-refractivity contribution is -0.138. The Kier molecular flexibility index (Phi) is 4.94. The molecule has 2 aromatic rings. The summed E-state index contributed by atoms with van der Waals surface area (Å²) < 4.78 is 43.9. The van der Waals surface area contributed by atoms with Crippen LogP contribution in [0.15, 0.2) is 30.7 Å². The molecule has 3 aliphatic rings. The summed E-state index contributed by atoms with van der Waals surface area (Å²) >= 11 is 0. The number of anilines is 1. The van der Waals surface area contributed by atoms with Gasteiger partial charge in [-0.2, -0.15) is 13.2 Å². The maximum atomic E-state index is 12.7. The summed E-state index contributed by atoms with van der Waals surface area (Å²) in [5.41, 5.74) is 0.203. The number of alkyl halides is 3. The number of fused-ring (bicyclic) bond motifs is 1. The summed E-state index contributed by atoms with van der Waals surface area (Å²) in [7, 11) is 0. The Morgan fingerprint density at radius 3 is 2.52 bits per heavy atom. The molecule has 0 unspecified atom stereocenters. The van der Waals surface area contributed by atoms with Gasteiger partial charge in [0.2, 0.25) is 11.8 Å². The highest BCUT2D eigenvalue weighted by molar-refractivity contribution is 5.78. The van der Waals surface area contributed by atoms with Gasteiger partial charge in [0.05, 0.1) is 36.2 Å². The van der Waals surface area contributed by atoms with Crippen molar-refractivity contribution < 1.29 is 22.7 Å². The molecule has 0 spiro atoms. The standard InChI is InChI=1S/C21H22F3N5O2/c22-21(23,24)14-3-4-19(27-8-14)31-16-7-15-11-28(6-5-20(30)29(15)12-16)18-10-25-17(9-26-18)13-1-2-13/h3-4,8-10,13,15-16H,1-2,5-7,11-12H2/t15-,16+/m0/s1. The lowest BCUT2D eigenvalue weighted by atomic mass is 10.2. The Morgan fingerprint density at radius 2 is 1.87 bits per heavy atom. The van der Waals surface area contributed by atoms with Crippen LogP contribution in [0.25, 0.3) is 0 Å². The molecule has 164 valence electrons. The Balaban J connectivity index is 1.25. The van der Waals surface area contributed by atoms with Crippen LogP contribution in [-0.4, -0.2) is 57.5 Å². The van der Waals surface area contributed by atoms with Crippen molar-refractivity contribution in [2.45, 2.75) is 49.9 Å². The van der Waals surface area contributed by atoms with Gasteiger partial charge < -0.3 is 14.5 Å². The van der Waals surface area contributed by atoms with Gasteiger partial charge in [0.15, 0.2) is 0 Å². The molecule has 5 rings (SSSR count). The molecule has 0 bridgehead atoms. The third kappa shape index (κ3) is 4.28. The fourth-order valence-corrected chi connectivity index (χ4v) is 4.24. The minimum atomic E-state index is -4.44. The number of pyridine rings is 1. The van der Waals surface area contributed by atoms with E-state index >= 15 is 0 Å². The summed E-state index contributed by atoms with van der Waals surface area (Å²) in [5, 5.41) is 0. The average Bonchev–Trinajstić information content (AvgIpc) is 3.54. The van der Waals surface area contributed by atoms with Gasteiger partial charge in [0.25, 0.3) is 0 Å². The van der Waals surface area contributed by atoms with Gasteiger partial charge in [0.1, 0.15) is 11.9 Å². The fourth-order valence-electron chi connectivity index (χ4n) is 4.24. The topological polar surface area (TPSA) is 71.5 Å². The van der Waals surface area contributed by atoms with Crippen molar-refractivity contribution in [3.63, 3.8) is 0 Å². The van der Waals surface area contributed by atoms with Gasteiger partial charge in [-0.15, -0.1) is 0 Å². The monoisotopic (exact) mass is 433 g/mol. The Hall–Kier alpha value is -2.91. The van der Waals surface area contributed by atoms with E-state index in [0.717, 1.165) is 23.8 Å². The molecule has 0 radical (unpaired) electrons. The number of halogens is 3. The molecule has 31 heavy (non-hydrogen) atoms. The van der Waals surface area contributed by atoms with Gasteiger partial charge in [-0.25, -0.2) is 9.97 Å². The summed E-state index contributed by atoms with van der Waals surface area (Å²) in [5.74, 6) is 1.46. The number of hydrogen-bond donors (Lipinski definition) is 0. The van der Waals surface area contributed by atoms with E-state index in [1.165, 1.54) is 18.9 Å². The first-order valence-electron chi connectivity index (χ1n) is 10.4. The van der Waals surface area contributed by atoms with E-state index in [-0.39, 0.29) is 23.9 Å². The van der Waals surface area contributed by atoms with Crippen LogP contribution >= 0.6 is 0 Å². The summed E-state index contributed by atoms with van der Waals surface area (Å²) in [6.45, 7) is 1.59. The number of hydrogen-bond acceptors (Lipinski definition) is 6. The Morgan fingerprint density at radius 1 is 1.03 bits per heavy atom. The van der Waals surface area contributed by atoms with Crippen molar-refractivity contribution in [3.05, 3.63) is 42.0 Å². The van der Waals surface area contributed by atoms with Crippen molar-refractivity contribution in [1.82, 2.24) is 19.9 Å². The first-order chi connectivity index (χ1) is 14.9. The van der Waals surface area contributed by atoms with E-state index in [4.69, 9.17) is 4.74 Å². The normalized spacial score (nSPS) is 24.2. The summed E-state index contributed by atoms with van der Waals surface area (Å²) in [6, 6.07) is 2.11. The van der Waals surface area contributed by atoms with Crippen molar-refractivity contribution in [1.29, 1.82) is 0 Å². The number of carbonyl (C=O) groups is 1. The summed E-state index contributed by atoms with van der Waals surface area (Å²) in [6.07, 6.45) is 2.90. The predicted octanol–water partition coefficient (Wildman–Crippen LogP) is 3.03. The Bertz CT molecular complexity index is 947. The van der Waals surface area contributed by atoms with Crippen molar-refractivity contribution in [2.24, 2.45) is 0 Å². The molecule has 1 amide bonds. The first-order valence-corrected chi connectivity index (χ1v) is 10.4.